The topological polar surface area (TPSA) is 54.9 Å². The van der Waals surface area contributed by atoms with Gasteiger partial charge in [-0.25, -0.2) is 13.8 Å². The molecule has 2 aromatic heterocycles. The fourth-order valence-electron chi connectivity index (χ4n) is 1.10. The highest BCUT2D eigenvalue weighted by atomic mass is 79.9. The molecule has 0 spiro atoms. The van der Waals surface area contributed by atoms with Gasteiger partial charge in [0.05, 0.1) is 22.4 Å². The average Bonchev–Trinajstić information content (AvgIpc) is 2.63. The maximum absolute atomic E-state index is 13.2. The van der Waals surface area contributed by atoms with E-state index in [0.29, 0.717) is 3.79 Å². The number of carbonyl (C=O) groups excluding carboxylic acids is 1. The Morgan fingerprint density at radius 3 is 2.47 bits per heavy atom. The molecule has 0 aliphatic rings. The van der Waals surface area contributed by atoms with Crippen LogP contribution in [-0.2, 0) is 0 Å². The molecule has 0 saturated heterocycles. The summed E-state index contributed by atoms with van der Waals surface area (Å²) in [5.74, 6) is -2.93. The third kappa shape index (κ3) is 2.64. The Labute approximate surface area is 107 Å². The van der Waals surface area contributed by atoms with Gasteiger partial charge in [-0.2, -0.15) is 0 Å². The Kier molecular flexibility index (Phi) is 3.43. The maximum Gasteiger partial charge on any atom is 0.263 e. The molecule has 0 aliphatic heterocycles. The molecule has 1 amide bonds. The van der Waals surface area contributed by atoms with E-state index in [1.165, 1.54) is 6.20 Å². The smallest absolute Gasteiger partial charge is 0.263 e. The summed E-state index contributed by atoms with van der Waals surface area (Å²) < 4.78 is 27.1. The van der Waals surface area contributed by atoms with Crippen LogP contribution in [0.1, 0.15) is 10.4 Å². The molecule has 0 aliphatic carbocycles. The lowest BCUT2D eigenvalue weighted by Gasteiger charge is -2.03. The molecule has 0 atom stereocenters. The maximum atomic E-state index is 13.2. The van der Waals surface area contributed by atoms with Crippen LogP contribution in [-0.4, -0.2) is 15.9 Å². The van der Waals surface area contributed by atoms with Gasteiger partial charge < -0.3 is 0 Å². The number of pyridine rings is 1. The predicted molar refractivity (Wildman–Crippen MR) is 61.9 cm³/mol. The van der Waals surface area contributed by atoms with Gasteiger partial charge >= 0.3 is 0 Å². The molecule has 0 bridgehead atoms. The number of hydrogen-bond acceptors (Lipinski definition) is 4. The predicted octanol–water partition coefficient (Wildman–Crippen LogP) is 2.83. The summed E-state index contributed by atoms with van der Waals surface area (Å²) in [6, 6.07) is 0. The largest absolute Gasteiger partial charge is 0.298 e. The zero-order valence-corrected chi connectivity index (χ0v) is 10.5. The molecule has 8 heteroatoms. The SMILES string of the molecule is O=C(Nc1ncc(Br)s1)c1c(F)cncc1F. The molecule has 0 radical (unpaired) electrons. The molecule has 0 saturated carbocycles. The molecule has 0 unspecified atom stereocenters. The zero-order chi connectivity index (χ0) is 12.4. The van der Waals surface area contributed by atoms with Gasteiger partial charge in [-0.05, 0) is 15.9 Å². The molecular weight excluding hydrogens is 316 g/mol. The first-order valence-corrected chi connectivity index (χ1v) is 5.90. The Morgan fingerprint density at radius 2 is 1.94 bits per heavy atom. The third-order valence-electron chi connectivity index (χ3n) is 1.78. The van der Waals surface area contributed by atoms with Gasteiger partial charge in [-0.15, -0.1) is 0 Å². The van der Waals surface area contributed by atoms with E-state index in [0.717, 1.165) is 23.7 Å². The van der Waals surface area contributed by atoms with E-state index in [1.54, 1.807) is 0 Å². The van der Waals surface area contributed by atoms with E-state index in [4.69, 9.17) is 0 Å². The van der Waals surface area contributed by atoms with Crippen LogP contribution in [0.2, 0.25) is 0 Å². The minimum absolute atomic E-state index is 0.248. The van der Waals surface area contributed by atoms with E-state index in [9.17, 15) is 13.6 Å². The van der Waals surface area contributed by atoms with Crippen molar-refractivity contribution in [3.63, 3.8) is 0 Å². The van der Waals surface area contributed by atoms with Crippen LogP contribution in [0.15, 0.2) is 22.4 Å². The summed E-state index contributed by atoms with van der Waals surface area (Å²) in [7, 11) is 0. The number of thiazole rings is 1. The number of halogens is 3. The van der Waals surface area contributed by atoms with Crippen molar-refractivity contribution >= 4 is 38.3 Å². The Morgan fingerprint density at radius 1 is 1.29 bits per heavy atom. The molecule has 2 heterocycles. The van der Waals surface area contributed by atoms with E-state index in [-0.39, 0.29) is 5.13 Å². The standard InChI is InChI=1S/C9H4BrF2N3OS/c10-6-3-14-9(17-6)15-8(16)7-4(11)1-13-2-5(7)12/h1-3H,(H,14,15,16). The highest BCUT2D eigenvalue weighted by molar-refractivity contribution is 9.11. The Balaban J connectivity index is 2.26. The monoisotopic (exact) mass is 319 g/mol. The second-order valence-electron chi connectivity index (χ2n) is 2.90. The lowest BCUT2D eigenvalue weighted by molar-refractivity contribution is 0.101. The highest BCUT2D eigenvalue weighted by Crippen LogP contribution is 2.24. The van der Waals surface area contributed by atoms with Crippen LogP contribution >= 0.6 is 27.3 Å². The Bertz CT molecular complexity index is 555. The van der Waals surface area contributed by atoms with Gasteiger partial charge in [0.25, 0.3) is 5.91 Å². The number of rotatable bonds is 2. The van der Waals surface area contributed by atoms with Crippen LogP contribution in [0, 0.1) is 11.6 Å². The first kappa shape index (κ1) is 12.1. The van der Waals surface area contributed by atoms with Crippen molar-refractivity contribution in [2.24, 2.45) is 0 Å². The first-order valence-electron chi connectivity index (χ1n) is 4.29. The van der Waals surface area contributed by atoms with E-state index >= 15 is 0 Å². The van der Waals surface area contributed by atoms with Crippen LogP contribution in [0.4, 0.5) is 13.9 Å². The van der Waals surface area contributed by atoms with Gasteiger partial charge in [0, 0.05) is 0 Å². The molecular formula is C9H4BrF2N3OS. The van der Waals surface area contributed by atoms with Crippen molar-refractivity contribution in [1.29, 1.82) is 0 Å². The molecule has 17 heavy (non-hydrogen) atoms. The average molecular weight is 320 g/mol. The molecule has 0 aromatic carbocycles. The Hall–Kier alpha value is -1.41. The lowest BCUT2D eigenvalue weighted by Crippen LogP contribution is -2.16. The van der Waals surface area contributed by atoms with Crippen molar-refractivity contribution in [2.45, 2.75) is 0 Å². The second kappa shape index (κ2) is 4.84. The summed E-state index contributed by atoms with van der Waals surface area (Å²) in [6.07, 6.45) is 3.02. The normalized spacial score (nSPS) is 10.3. The van der Waals surface area contributed by atoms with Crippen molar-refractivity contribution in [3.8, 4) is 0 Å². The number of carbonyl (C=O) groups is 1. The van der Waals surface area contributed by atoms with E-state index < -0.39 is 23.1 Å². The quantitative estimate of drug-likeness (QED) is 0.926. The molecule has 0 fully saturated rings. The summed E-state index contributed by atoms with van der Waals surface area (Å²) >= 11 is 4.29. The van der Waals surface area contributed by atoms with Crippen molar-refractivity contribution < 1.29 is 13.6 Å². The number of hydrogen-bond donors (Lipinski definition) is 1. The van der Waals surface area contributed by atoms with E-state index in [2.05, 4.69) is 31.2 Å². The second-order valence-corrected chi connectivity index (χ2v) is 5.31. The van der Waals surface area contributed by atoms with Gasteiger partial charge in [-0.1, -0.05) is 11.3 Å². The summed E-state index contributed by atoms with van der Waals surface area (Å²) in [6.45, 7) is 0. The lowest BCUT2D eigenvalue weighted by atomic mass is 10.2. The summed E-state index contributed by atoms with van der Waals surface area (Å²) in [4.78, 5) is 18.7. The molecule has 1 N–H and O–H groups in total. The number of nitrogens with zero attached hydrogens (tertiary/aromatic N) is 2. The van der Waals surface area contributed by atoms with E-state index in [1.807, 2.05) is 0 Å². The number of aromatic nitrogens is 2. The van der Waals surface area contributed by atoms with Gasteiger partial charge in [0.1, 0.15) is 5.56 Å². The number of amides is 1. The molecule has 88 valence electrons. The van der Waals surface area contributed by atoms with Gasteiger partial charge in [0.15, 0.2) is 16.8 Å². The highest BCUT2D eigenvalue weighted by Gasteiger charge is 2.18. The van der Waals surface area contributed by atoms with Gasteiger partial charge in [0.2, 0.25) is 0 Å². The fraction of sp³-hybridized carbons (Fsp3) is 0. The fourth-order valence-corrected chi connectivity index (χ4v) is 2.20. The molecule has 2 aromatic rings. The van der Waals surface area contributed by atoms with Crippen LogP contribution < -0.4 is 5.32 Å². The summed E-state index contributed by atoms with van der Waals surface area (Å²) in [5.41, 5.74) is -0.675. The van der Waals surface area contributed by atoms with Crippen molar-refractivity contribution in [3.05, 3.63) is 39.6 Å². The van der Waals surface area contributed by atoms with Crippen LogP contribution in [0.25, 0.3) is 0 Å². The minimum atomic E-state index is -1.02. The van der Waals surface area contributed by atoms with Crippen LogP contribution in [0.5, 0.6) is 0 Å². The van der Waals surface area contributed by atoms with Gasteiger partial charge in [-0.3, -0.25) is 15.1 Å². The number of anilines is 1. The number of nitrogens with one attached hydrogen (secondary N) is 1. The summed E-state index contributed by atoms with van der Waals surface area (Å²) in [5, 5.41) is 2.54. The van der Waals surface area contributed by atoms with Crippen molar-refractivity contribution in [2.75, 3.05) is 5.32 Å². The van der Waals surface area contributed by atoms with Crippen LogP contribution in [0.3, 0.4) is 0 Å². The molecule has 4 nitrogen and oxygen atoms in total. The zero-order valence-electron chi connectivity index (χ0n) is 8.08. The first-order chi connectivity index (χ1) is 8.08. The van der Waals surface area contributed by atoms with Crippen molar-refractivity contribution in [1.82, 2.24) is 9.97 Å². The minimum Gasteiger partial charge on any atom is -0.298 e. The molecule has 2 rings (SSSR count). The third-order valence-corrected chi connectivity index (χ3v) is 3.17.